The highest BCUT2D eigenvalue weighted by atomic mass is 16.5. The molecule has 1 aliphatic heterocycles. The van der Waals surface area contributed by atoms with E-state index in [0.717, 1.165) is 50.0 Å². The lowest BCUT2D eigenvalue weighted by Crippen LogP contribution is -3.28. The van der Waals surface area contributed by atoms with Crippen LogP contribution in [0.4, 0.5) is 0 Å². The summed E-state index contributed by atoms with van der Waals surface area (Å²) in [6.07, 6.45) is 1.62. The minimum absolute atomic E-state index is 0.0746. The molecule has 1 aliphatic rings. The molecule has 7 nitrogen and oxygen atoms in total. The molecule has 3 N–H and O–H groups in total. The van der Waals surface area contributed by atoms with Crippen molar-refractivity contribution in [2.45, 2.75) is 20.0 Å². The normalized spacial score (nSPS) is 19.2. The van der Waals surface area contributed by atoms with Crippen LogP contribution in [0.25, 0.3) is 0 Å². The zero-order chi connectivity index (χ0) is 19.9. The zero-order valence-corrected chi connectivity index (χ0v) is 17.0. The van der Waals surface area contributed by atoms with E-state index in [1.54, 1.807) is 20.5 Å². The van der Waals surface area contributed by atoms with Crippen LogP contribution in [-0.2, 0) is 17.9 Å². The molecule has 0 unspecified atom stereocenters. The van der Waals surface area contributed by atoms with Gasteiger partial charge in [0.1, 0.15) is 38.5 Å². The van der Waals surface area contributed by atoms with Gasteiger partial charge in [0.25, 0.3) is 5.91 Å². The van der Waals surface area contributed by atoms with Crippen molar-refractivity contribution in [1.82, 2.24) is 5.32 Å². The van der Waals surface area contributed by atoms with Gasteiger partial charge in [-0.1, -0.05) is 0 Å². The van der Waals surface area contributed by atoms with Gasteiger partial charge in [0.2, 0.25) is 0 Å². The number of rotatable bonds is 8. The number of furan rings is 1. The molecule has 0 bridgehead atoms. The lowest BCUT2D eigenvalue weighted by molar-refractivity contribution is -1.02. The number of ether oxygens (including phenoxy) is 2. The number of amides is 1. The van der Waals surface area contributed by atoms with E-state index in [1.807, 2.05) is 18.2 Å². The predicted octanol–water partition coefficient (Wildman–Crippen LogP) is -0.795. The Morgan fingerprint density at radius 2 is 1.79 bits per heavy atom. The van der Waals surface area contributed by atoms with Crippen molar-refractivity contribution in [2.75, 3.05) is 46.9 Å². The van der Waals surface area contributed by atoms with Gasteiger partial charge in [0.15, 0.2) is 18.0 Å². The number of piperazine rings is 1. The molecule has 1 fully saturated rings. The van der Waals surface area contributed by atoms with E-state index < -0.39 is 0 Å². The second-order valence-corrected chi connectivity index (χ2v) is 7.34. The van der Waals surface area contributed by atoms with Crippen molar-refractivity contribution in [1.29, 1.82) is 0 Å². The quantitative estimate of drug-likeness (QED) is 0.553. The number of carbonyl (C=O) groups is 1. The Morgan fingerprint density at radius 3 is 2.43 bits per heavy atom. The fourth-order valence-electron chi connectivity index (χ4n) is 3.68. The number of hydrogen-bond acceptors (Lipinski definition) is 4. The first-order valence-electron chi connectivity index (χ1n) is 9.76. The third-order valence-electron chi connectivity index (χ3n) is 5.40. The van der Waals surface area contributed by atoms with Gasteiger partial charge in [-0.25, -0.2) is 0 Å². The molecule has 2 aromatic rings. The van der Waals surface area contributed by atoms with Gasteiger partial charge in [0, 0.05) is 5.56 Å². The molecule has 2 heterocycles. The van der Waals surface area contributed by atoms with Gasteiger partial charge in [-0.05, 0) is 36.8 Å². The number of nitrogens with one attached hydrogen (secondary N) is 3. The molecule has 0 aliphatic carbocycles. The number of quaternary nitrogens is 2. The number of benzene rings is 1. The molecule has 152 valence electrons. The summed E-state index contributed by atoms with van der Waals surface area (Å²) < 4.78 is 16.1. The summed E-state index contributed by atoms with van der Waals surface area (Å²) in [7, 11) is 3.33. The standard InChI is InChI=1S/C21H29N3O4/c1-16-11-19(26-2)20(27-3)12-17(16)14-23-6-8-24(9-7-23)15-21(25)22-13-18-5-4-10-28-18/h4-5,10-12H,6-9,13-15H2,1-3H3,(H,22,25)/p+2. The van der Waals surface area contributed by atoms with Crippen LogP contribution < -0.4 is 24.6 Å². The highest BCUT2D eigenvalue weighted by Gasteiger charge is 2.25. The topological polar surface area (TPSA) is 69.6 Å². The van der Waals surface area contributed by atoms with Crippen LogP contribution in [0.5, 0.6) is 11.5 Å². The molecule has 0 saturated carbocycles. The van der Waals surface area contributed by atoms with Gasteiger partial charge in [0.05, 0.1) is 27.0 Å². The van der Waals surface area contributed by atoms with E-state index >= 15 is 0 Å². The molecule has 1 aromatic heterocycles. The highest BCUT2D eigenvalue weighted by Crippen LogP contribution is 2.29. The SMILES string of the molecule is COc1cc(C)c(C[NH+]2CC[NH+](CC(=O)NCc3ccco3)CC2)cc1OC. The maximum atomic E-state index is 12.1. The Hall–Kier alpha value is -2.51. The summed E-state index contributed by atoms with van der Waals surface area (Å²) in [4.78, 5) is 15.0. The Balaban J connectivity index is 1.46. The van der Waals surface area contributed by atoms with Crippen molar-refractivity contribution in [2.24, 2.45) is 0 Å². The second-order valence-electron chi connectivity index (χ2n) is 7.34. The Kier molecular flexibility index (Phi) is 6.95. The Bertz CT molecular complexity index is 768. The maximum Gasteiger partial charge on any atom is 0.275 e. The van der Waals surface area contributed by atoms with Gasteiger partial charge >= 0.3 is 0 Å². The summed E-state index contributed by atoms with van der Waals surface area (Å²) in [5.41, 5.74) is 2.50. The first-order chi connectivity index (χ1) is 13.6. The average Bonchev–Trinajstić information content (AvgIpc) is 3.22. The predicted molar refractivity (Wildman–Crippen MR) is 105 cm³/mol. The fraction of sp³-hybridized carbons (Fsp3) is 0.476. The molecule has 0 radical (unpaired) electrons. The summed E-state index contributed by atoms with van der Waals surface area (Å²) >= 11 is 0. The molecule has 1 aromatic carbocycles. The van der Waals surface area contributed by atoms with Crippen molar-refractivity contribution >= 4 is 5.91 Å². The van der Waals surface area contributed by atoms with Gasteiger partial charge < -0.3 is 29.0 Å². The van der Waals surface area contributed by atoms with E-state index in [4.69, 9.17) is 13.9 Å². The highest BCUT2D eigenvalue weighted by molar-refractivity contribution is 5.76. The first-order valence-corrected chi connectivity index (χ1v) is 9.76. The van der Waals surface area contributed by atoms with E-state index in [1.165, 1.54) is 20.9 Å². The lowest BCUT2D eigenvalue weighted by atomic mass is 10.1. The molecule has 0 spiro atoms. The molecule has 28 heavy (non-hydrogen) atoms. The molecule has 0 atom stereocenters. The smallest absolute Gasteiger partial charge is 0.275 e. The summed E-state index contributed by atoms with van der Waals surface area (Å²) in [6.45, 7) is 8.14. The van der Waals surface area contributed by atoms with Gasteiger partial charge in [-0.2, -0.15) is 0 Å². The van der Waals surface area contributed by atoms with Crippen molar-refractivity contribution in [3.05, 3.63) is 47.4 Å². The number of aryl methyl sites for hydroxylation is 1. The number of hydrogen-bond donors (Lipinski definition) is 3. The van der Waals surface area contributed by atoms with Crippen molar-refractivity contribution in [3.8, 4) is 11.5 Å². The molecule has 1 amide bonds. The molecule has 1 saturated heterocycles. The van der Waals surface area contributed by atoms with Crippen LogP contribution in [0, 0.1) is 6.92 Å². The molecular weight excluding hydrogens is 358 g/mol. The first kappa shape index (κ1) is 20.2. The van der Waals surface area contributed by atoms with E-state index in [9.17, 15) is 4.79 Å². The lowest BCUT2D eigenvalue weighted by Gasteiger charge is -2.29. The van der Waals surface area contributed by atoms with Crippen LogP contribution in [0.15, 0.2) is 34.9 Å². The van der Waals surface area contributed by atoms with E-state index in [2.05, 4.69) is 18.3 Å². The minimum Gasteiger partial charge on any atom is -0.493 e. The minimum atomic E-state index is 0.0746. The second kappa shape index (κ2) is 9.61. The molecular formula is C21H31N3O4+2. The van der Waals surface area contributed by atoms with Crippen LogP contribution in [0.3, 0.4) is 0 Å². The maximum absolute atomic E-state index is 12.1. The monoisotopic (exact) mass is 389 g/mol. The third kappa shape index (κ3) is 5.27. The van der Waals surface area contributed by atoms with Crippen molar-refractivity contribution < 1.29 is 28.5 Å². The van der Waals surface area contributed by atoms with E-state index in [0.29, 0.717) is 13.1 Å². The van der Waals surface area contributed by atoms with Crippen LogP contribution in [-0.4, -0.2) is 52.9 Å². The van der Waals surface area contributed by atoms with Gasteiger partial charge in [-0.15, -0.1) is 0 Å². The zero-order valence-electron chi connectivity index (χ0n) is 17.0. The van der Waals surface area contributed by atoms with Crippen LogP contribution >= 0.6 is 0 Å². The Morgan fingerprint density at radius 1 is 1.11 bits per heavy atom. The average molecular weight is 389 g/mol. The van der Waals surface area contributed by atoms with Gasteiger partial charge in [-0.3, -0.25) is 4.79 Å². The number of carbonyl (C=O) groups excluding carboxylic acids is 1. The Labute approximate surface area is 166 Å². The fourth-order valence-corrected chi connectivity index (χ4v) is 3.68. The largest absolute Gasteiger partial charge is 0.493 e. The van der Waals surface area contributed by atoms with Crippen LogP contribution in [0.2, 0.25) is 0 Å². The van der Waals surface area contributed by atoms with Crippen LogP contribution in [0.1, 0.15) is 16.9 Å². The molecule has 7 heteroatoms. The summed E-state index contributed by atoms with van der Waals surface area (Å²) in [5, 5.41) is 2.93. The third-order valence-corrected chi connectivity index (χ3v) is 5.40. The molecule has 3 rings (SSSR count). The summed E-state index contributed by atoms with van der Waals surface area (Å²) in [6, 6.07) is 7.82. The van der Waals surface area contributed by atoms with E-state index in [-0.39, 0.29) is 5.91 Å². The summed E-state index contributed by atoms with van der Waals surface area (Å²) in [5.74, 6) is 2.40. The van der Waals surface area contributed by atoms with Crippen molar-refractivity contribution in [3.63, 3.8) is 0 Å². The number of methoxy groups -OCH3 is 2.